The van der Waals surface area contributed by atoms with Crippen LogP contribution in [0.25, 0.3) is 11.3 Å². The van der Waals surface area contributed by atoms with Crippen molar-refractivity contribution in [2.75, 3.05) is 13.7 Å². The lowest BCUT2D eigenvalue weighted by Crippen LogP contribution is -2.07. The second-order valence-corrected chi connectivity index (χ2v) is 4.35. The first-order valence-electron chi connectivity index (χ1n) is 5.73. The van der Waals surface area contributed by atoms with E-state index in [1.807, 2.05) is 35.9 Å². The molecule has 0 unspecified atom stereocenters. The van der Waals surface area contributed by atoms with Gasteiger partial charge in [-0.25, -0.2) is 4.98 Å². The molecule has 0 amide bonds. The van der Waals surface area contributed by atoms with Gasteiger partial charge >= 0.3 is 0 Å². The van der Waals surface area contributed by atoms with Crippen LogP contribution in [0.1, 0.15) is 5.82 Å². The molecule has 4 nitrogen and oxygen atoms in total. The third-order valence-electron chi connectivity index (χ3n) is 2.85. The third-order valence-corrected chi connectivity index (χ3v) is 3.28. The topological polar surface area (TPSA) is 53.1 Å². The molecule has 5 heteroatoms. The van der Waals surface area contributed by atoms with Crippen LogP contribution in [-0.2, 0) is 13.5 Å². The van der Waals surface area contributed by atoms with Gasteiger partial charge in [-0.15, -0.1) is 0 Å². The second-order valence-electron chi connectivity index (χ2n) is 3.99. The Morgan fingerprint density at radius 2 is 2.00 bits per heavy atom. The Hall–Kier alpha value is -1.52. The van der Waals surface area contributed by atoms with E-state index in [0.29, 0.717) is 18.1 Å². The van der Waals surface area contributed by atoms with E-state index in [1.165, 1.54) is 0 Å². The zero-order valence-corrected chi connectivity index (χ0v) is 11.2. The molecule has 18 heavy (non-hydrogen) atoms. The normalized spacial score (nSPS) is 10.7. The van der Waals surface area contributed by atoms with Crippen LogP contribution in [0.3, 0.4) is 0 Å². The highest BCUT2D eigenvalue weighted by atomic mass is 35.5. The Kier molecular flexibility index (Phi) is 3.89. The highest BCUT2D eigenvalue weighted by molar-refractivity contribution is 6.32. The monoisotopic (exact) mass is 265 g/mol. The van der Waals surface area contributed by atoms with E-state index in [2.05, 4.69) is 4.98 Å². The number of benzene rings is 1. The van der Waals surface area contributed by atoms with Gasteiger partial charge in [0.05, 0.1) is 7.11 Å². The van der Waals surface area contributed by atoms with Crippen LogP contribution in [-0.4, -0.2) is 23.2 Å². The Morgan fingerprint density at radius 1 is 1.33 bits per heavy atom. The van der Waals surface area contributed by atoms with Gasteiger partial charge in [0.15, 0.2) is 0 Å². The van der Waals surface area contributed by atoms with Gasteiger partial charge in [-0.2, -0.15) is 0 Å². The predicted molar refractivity (Wildman–Crippen MR) is 73.0 cm³/mol. The molecular formula is C13H16ClN3O. The minimum absolute atomic E-state index is 0.559. The zero-order chi connectivity index (χ0) is 13.1. The number of halogens is 1. The van der Waals surface area contributed by atoms with Crippen molar-refractivity contribution in [1.82, 2.24) is 9.55 Å². The van der Waals surface area contributed by atoms with Gasteiger partial charge in [0.25, 0.3) is 0 Å². The molecule has 0 aliphatic rings. The fourth-order valence-electron chi connectivity index (χ4n) is 1.81. The molecule has 0 bridgehead atoms. The molecule has 1 aromatic carbocycles. The average molecular weight is 266 g/mol. The summed E-state index contributed by atoms with van der Waals surface area (Å²) in [6, 6.07) is 7.67. The summed E-state index contributed by atoms with van der Waals surface area (Å²) in [7, 11) is 3.54. The SMILES string of the molecule is COc1ccc(-c2nc(CCN)n(C)c2Cl)cc1. The van der Waals surface area contributed by atoms with Crippen LogP contribution in [0.2, 0.25) is 5.15 Å². The van der Waals surface area contributed by atoms with Crippen LogP contribution in [0.5, 0.6) is 5.75 Å². The van der Waals surface area contributed by atoms with E-state index in [4.69, 9.17) is 22.1 Å². The van der Waals surface area contributed by atoms with Gasteiger partial charge in [-0.1, -0.05) is 11.6 Å². The van der Waals surface area contributed by atoms with Gasteiger partial charge in [0.2, 0.25) is 0 Å². The lowest BCUT2D eigenvalue weighted by molar-refractivity contribution is 0.415. The molecule has 2 rings (SSSR count). The summed E-state index contributed by atoms with van der Waals surface area (Å²) >= 11 is 6.29. The molecule has 0 spiro atoms. The molecule has 0 saturated carbocycles. The minimum Gasteiger partial charge on any atom is -0.497 e. The number of ether oxygens (including phenoxy) is 1. The van der Waals surface area contributed by atoms with Crippen molar-refractivity contribution in [1.29, 1.82) is 0 Å². The van der Waals surface area contributed by atoms with E-state index in [-0.39, 0.29) is 0 Å². The molecule has 0 atom stereocenters. The van der Waals surface area contributed by atoms with Crippen LogP contribution >= 0.6 is 11.6 Å². The van der Waals surface area contributed by atoms with E-state index in [9.17, 15) is 0 Å². The maximum absolute atomic E-state index is 6.29. The van der Waals surface area contributed by atoms with Crippen molar-refractivity contribution in [2.24, 2.45) is 12.8 Å². The smallest absolute Gasteiger partial charge is 0.136 e. The number of imidazole rings is 1. The van der Waals surface area contributed by atoms with Crippen molar-refractivity contribution in [3.05, 3.63) is 35.2 Å². The maximum atomic E-state index is 6.29. The number of hydrogen-bond donors (Lipinski definition) is 1. The quantitative estimate of drug-likeness (QED) is 0.923. The molecule has 0 radical (unpaired) electrons. The minimum atomic E-state index is 0.559. The third kappa shape index (κ3) is 2.35. The summed E-state index contributed by atoms with van der Waals surface area (Å²) in [6.07, 6.45) is 0.715. The van der Waals surface area contributed by atoms with E-state index < -0.39 is 0 Å². The molecule has 96 valence electrons. The highest BCUT2D eigenvalue weighted by Crippen LogP contribution is 2.29. The first-order valence-corrected chi connectivity index (χ1v) is 6.10. The molecule has 0 aliphatic heterocycles. The summed E-state index contributed by atoms with van der Waals surface area (Å²) in [6.45, 7) is 0.559. The van der Waals surface area contributed by atoms with Crippen LogP contribution in [0.15, 0.2) is 24.3 Å². The Morgan fingerprint density at radius 3 is 2.56 bits per heavy atom. The summed E-state index contributed by atoms with van der Waals surface area (Å²) in [5.41, 5.74) is 7.31. The summed E-state index contributed by atoms with van der Waals surface area (Å²) in [4.78, 5) is 4.54. The number of aromatic nitrogens is 2. The Balaban J connectivity index is 2.40. The fourth-order valence-corrected chi connectivity index (χ4v) is 2.06. The van der Waals surface area contributed by atoms with E-state index in [0.717, 1.165) is 22.8 Å². The average Bonchev–Trinajstić information content (AvgIpc) is 2.68. The van der Waals surface area contributed by atoms with Gasteiger partial charge in [0, 0.05) is 19.0 Å². The molecule has 1 aromatic heterocycles. The number of rotatable bonds is 4. The second kappa shape index (κ2) is 5.42. The first kappa shape index (κ1) is 12.9. The number of nitrogens with two attached hydrogens (primary N) is 1. The maximum Gasteiger partial charge on any atom is 0.136 e. The first-order chi connectivity index (χ1) is 8.67. The molecule has 0 aliphatic carbocycles. The molecule has 0 fully saturated rings. The summed E-state index contributed by atoms with van der Waals surface area (Å²) in [5, 5.41) is 0.628. The lowest BCUT2D eigenvalue weighted by Gasteiger charge is -2.01. The van der Waals surface area contributed by atoms with Gasteiger partial charge in [0.1, 0.15) is 22.4 Å². The Labute approximate surface area is 111 Å². The largest absolute Gasteiger partial charge is 0.497 e. The van der Waals surface area contributed by atoms with Crippen molar-refractivity contribution >= 4 is 11.6 Å². The number of methoxy groups -OCH3 is 1. The molecule has 2 N–H and O–H groups in total. The van der Waals surface area contributed by atoms with Crippen LogP contribution < -0.4 is 10.5 Å². The molecule has 0 saturated heterocycles. The molecule has 2 aromatic rings. The predicted octanol–water partition coefficient (Wildman–Crippen LogP) is 2.25. The van der Waals surface area contributed by atoms with E-state index in [1.54, 1.807) is 7.11 Å². The summed E-state index contributed by atoms with van der Waals surface area (Å²) in [5.74, 6) is 1.71. The lowest BCUT2D eigenvalue weighted by atomic mass is 10.1. The zero-order valence-electron chi connectivity index (χ0n) is 10.5. The number of nitrogens with zero attached hydrogens (tertiary/aromatic N) is 2. The molecular weight excluding hydrogens is 250 g/mol. The van der Waals surface area contributed by atoms with Crippen molar-refractivity contribution in [3.8, 4) is 17.0 Å². The van der Waals surface area contributed by atoms with Crippen molar-refractivity contribution in [3.63, 3.8) is 0 Å². The van der Waals surface area contributed by atoms with E-state index >= 15 is 0 Å². The summed E-state index contributed by atoms with van der Waals surface area (Å²) < 4.78 is 7.00. The van der Waals surface area contributed by atoms with Crippen molar-refractivity contribution in [2.45, 2.75) is 6.42 Å². The highest BCUT2D eigenvalue weighted by Gasteiger charge is 2.13. The standard InChI is InChI=1S/C13H16ClN3O/c1-17-11(7-8-15)16-12(13(17)14)9-3-5-10(18-2)6-4-9/h3-6H,7-8,15H2,1-2H3. The van der Waals surface area contributed by atoms with Gasteiger partial charge in [-0.05, 0) is 30.8 Å². The van der Waals surface area contributed by atoms with Gasteiger partial charge in [-0.3, -0.25) is 0 Å². The molecule has 1 heterocycles. The fraction of sp³-hybridized carbons (Fsp3) is 0.308. The Bertz CT molecular complexity index is 534. The van der Waals surface area contributed by atoms with Crippen molar-refractivity contribution < 1.29 is 4.74 Å². The van der Waals surface area contributed by atoms with Crippen LogP contribution in [0.4, 0.5) is 0 Å². The van der Waals surface area contributed by atoms with Gasteiger partial charge < -0.3 is 15.0 Å². The van der Waals surface area contributed by atoms with Crippen LogP contribution in [0, 0.1) is 0 Å². The number of hydrogen-bond acceptors (Lipinski definition) is 3.